The topological polar surface area (TPSA) is 110 Å². The molecule has 2 aromatic heterocycles. The summed E-state index contributed by atoms with van der Waals surface area (Å²) in [5.74, 6) is -0.0215. The summed E-state index contributed by atoms with van der Waals surface area (Å²) < 4.78 is 10.3. The molecule has 8 nitrogen and oxygen atoms in total. The number of aromatic nitrogens is 3. The highest BCUT2D eigenvalue weighted by molar-refractivity contribution is 5.95. The molecule has 1 amide bonds. The van der Waals surface area contributed by atoms with Gasteiger partial charge in [0.05, 0.1) is 13.2 Å². The second-order valence-corrected chi connectivity index (χ2v) is 6.23. The fraction of sp³-hybridized carbons (Fsp3) is 0.263. The number of nitrogens with zero attached hydrogens (tertiary/aromatic N) is 3. The Bertz CT molecular complexity index is 924. The summed E-state index contributed by atoms with van der Waals surface area (Å²) >= 11 is 0. The van der Waals surface area contributed by atoms with E-state index in [0.717, 1.165) is 5.56 Å². The van der Waals surface area contributed by atoms with Gasteiger partial charge < -0.3 is 19.7 Å². The molecule has 1 aromatic carbocycles. The number of carbonyl (C=O) groups excluding carboxylic acids is 1. The third-order valence-electron chi connectivity index (χ3n) is 4.02. The van der Waals surface area contributed by atoms with Crippen molar-refractivity contribution in [1.82, 2.24) is 20.4 Å². The highest BCUT2D eigenvalue weighted by Crippen LogP contribution is 2.29. The molecule has 0 aliphatic heterocycles. The average molecular weight is 368 g/mol. The molecule has 2 heterocycles. The third kappa shape index (κ3) is 3.89. The molecule has 3 rings (SSSR count). The van der Waals surface area contributed by atoms with Gasteiger partial charge in [0.2, 0.25) is 0 Å². The number of carbonyl (C=O) groups is 1. The van der Waals surface area contributed by atoms with Crippen LogP contribution in [0.15, 0.2) is 47.1 Å². The number of hydrogen-bond donors (Lipinski definition) is 2. The number of nitrogens with one attached hydrogen (secondary N) is 1. The zero-order valence-electron chi connectivity index (χ0n) is 15.2. The zero-order valence-corrected chi connectivity index (χ0v) is 15.2. The predicted octanol–water partition coefficient (Wildman–Crippen LogP) is 2.97. The Kier molecular flexibility index (Phi) is 5.35. The fourth-order valence-electron chi connectivity index (χ4n) is 2.57. The molecular formula is C19H20N4O4. The normalized spacial score (nSPS) is 12.0. The van der Waals surface area contributed by atoms with E-state index in [9.17, 15) is 9.90 Å². The van der Waals surface area contributed by atoms with Gasteiger partial charge in [0, 0.05) is 17.8 Å². The maximum Gasteiger partial charge on any atom is 0.274 e. The molecule has 3 aromatic rings. The molecule has 0 radical (unpaired) electrons. The lowest BCUT2D eigenvalue weighted by atomic mass is 10.0. The smallest absolute Gasteiger partial charge is 0.274 e. The minimum Gasteiger partial charge on any atom is -0.503 e. The Morgan fingerprint density at radius 3 is 2.63 bits per heavy atom. The molecule has 0 saturated heterocycles. The van der Waals surface area contributed by atoms with Gasteiger partial charge in [-0.05, 0) is 18.1 Å². The summed E-state index contributed by atoms with van der Waals surface area (Å²) in [6.07, 6.45) is 1.39. The Labute approximate surface area is 156 Å². The predicted molar refractivity (Wildman–Crippen MR) is 97.2 cm³/mol. The van der Waals surface area contributed by atoms with Gasteiger partial charge in [0.1, 0.15) is 0 Å². The number of methoxy groups -OCH3 is 1. The number of ether oxygens (including phenoxy) is 1. The van der Waals surface area contributed by atoms with Crippen LogP contribution in [0.4, 0.5) is 0 Å². The summed E-state index contributed by atoms with van der Waals surface area (Å²) in [7, 11) is 1.40. The third-order valence-corrected chi connectivity index (χ3v) is 4.02. The second kappa shape index (κ2) is 7.86. The van der Waals surface area contributed by atoms with E-state index in [-0.39, 0.29) is 23.1 Å². The van der Waals surface area contributed by atoms with Crippen LogP contribution in [0, 0.1) is 5.92 Å². The zero-order chi connectivity index (χ0) is 19.4. The molecule has 0 unspecified atom stereocenters. The van der Waals surface area contributed by atoms with Crippen LogP contribution in [-0.4, -0.2) is 33.2 Å². The molecule has 8 heteroatoms. The van der Waals surface area contributed by atoms with E-state index in [1.54, 1.807) is 0 Å². The molecule has 1 atom stereocenters. The van der Waals surface area contributed by atoms with E-state index >= 15 is 0 Å². The Morgan fingerprint density at radius 1 is 1.22 bits per heavy atom. The van der Waals surface area contributed by atoms with Crippen LogP contribution in [0.3, 0.4) is 0 Å². The van der Waals surface area contributed by atoms with Crippen LogP contribution in [0.25, 0.3) is 11.5 Å². The summed E-state index contributed by atoms with van der Waals surface area (Å²) in [6.45, 7) is 3.84. The lowest BCUT2D eigenvalue weighted by Crippen LogP contribution is -2.33. The van der Waals surface area contributed by atoms with Crippen LogP contribution in [0.2, 0.25) is 0 Å². The molecule has 27 heavy (non-hydrogen) atoms. The van der Waals surface area contributed by atoms with Crippen molar-refractivity contribution in [1.29, 1.82) is 0 Å². The second-order valence-electron chi connectivity index (χ2n) is 6.23. The number of pyridine rings is 1. The first-order valence-corrected chi connectivity index (χ1v) is 8.43. The van der Waals surface area contributed by atoms with Gasteiger partial charge in [-0.25, -0.2) is 4.98 Å². The van der Waals surface area contributed by atoms with Crippen LogP contribution in [0.5, 0.6) is 11.5 Å². The molecule has 2 N–H and O–H groups in total. The molecule has 140 valence electrons. The summed E-state index contributed by atoms with van der Waals surface area (Å²) in [4.78, 5) is 21.0. The monoisotopic (exact) mass is 368 g/mol. The van der Waals surface area contributed by atoms with Gasteiger partial charge >= 0.3 is 0 Å². The molecular weight excluding hydrogens is 348 g/mol. The highest BCUT2D eigenvalue weighted by atomic mass is 16.5. The van der Waals surface area contributed by atoms with Gasteiger partial charge in [-0.1, -0.05) is 37.2 Å². The van der Waals surface area contributed by atoms with E-state index in [1.807, 2.05) is 44.2 Å². The quantitative estimate of drug-likeness (QED) is 0.688. The number of benzene rings is 1. The van der Waals surface area contributed by atoms with Gasteiger partial charge in [-0.15, -0.1) is 0 Å². The van der Waals surface area contributed by atoms with Crippen LogP contribution >= 0.6 is 0 Å². The molecule has 0 aliphatic carbocycles. The molecule has 0 saturated carbocycles. The van der Waals surface area contributed by atoms with E-state index in [1.165, 1.54) is 19.4 Å². The molecule has 0 fully saturated rings. The maximum atomic E-state index is 12.6. The molecule has 0 bridgehead atoms. The van der Waals surface area contributed by atoms with E-state index in [2.05, 4.69) is 20.4 Å². The van der Waals surface area contributed by atoms with E-state index in [4.69, 9.17) is 9.26 Å². The number of aromatic hydroxyl groups is 1. The molecule has 0 aliphatic rings. The minimum atomic E-state index is -0.559. The Morgan fingerprint density at radius 2 is 1.96 bits per heavy atom. The first-order valence-electron chi connectivity index (χ1n) is 8.43. The van der Waals surface area contributed by atoms with Gasteiger partial charge in [-0.2, -0.15) is 4.98 Å². The SMILES string of the molecule is COc1ccnc(C(=O)N[C@H](c2noc(-c3ccccc3)n2)C(C)C)c1O. The number of rotatable bonds is 6. The van der Waals surface area contributed by atoms with E-state index in [0.29, 0.717) is 11.7 Å². The van der Waals surface area contributed by atoms with Gasteiger partial charge in [0.25, 0.3) is 11.8 Å². The van der Waals surface area contributed by atoms with Crippen molar-refractivity contribution >= 4 is 5.91 Å². The summed E-state index contributed by atoms with van der Waals surface area (Å²) in [5.41, 5.74) is 0.656. The van der Waals surface area contributed by atoms with E-state index < -0.39 is 11.9 Å². The lowest BCUT2D eigenvalue weighted by molar-refractivity contribution is 0.0913. The maximum absolute atomic E-state index is 12.6. The van der Waals surface area contributed by atoms with Crippen molar-refractivity contribution in [2.45, 2.75) is 19.9 Å². The largest absolute Gasteiger partial charge is 0.503 e. The highest BCUT2D eigenvalue weighted by Gasteiger charge is 2.27. The fourth-order valence-corrected chi connectivity index (χ4v) is 2.57. The van der Waals surface area contributed by atoms with Crippen molar-refractivity contribution in [2.24, 2.45) is 5.92 Å². The van der Waals surface area contributed by atoms with Crippen molar-refractivity contribution in [3.8, 4) is 23.0 Å². The van der Waals surface area contributed by atoms with Gasteiger partial charge in [-0.3, -0.25) is 4.79 Å². The van der Waals surface area contributed by atoms with Crippen molar-refractivity contribution < 1.29 is 19.2 Å². The minimum absolute atomic E-state index is 0.0251. The number of amides is 1. The van der Waals surface area contributed by atoms with Crippen LogP contribution in [0.1, 0.15) is 36.2 Å². The standard InChI is InChI=1S/C19H20N4O4/c1-11(2)14(17-22-19(27-23-17)12-7-5-4-6-8-12)21-18(25)15-16(24)13(26-3)9-10-20-15/h4-11,14,24H,1-3H3,(H,21,25)/t14-/m0/s1. The number of hydrogen-bond acceptors (Lipinski definition) is 7. The van der Waals surface area contributed by atoms with Crippen LogP contribution < -0.4 is 10.1 Å². The molecule has 0 spiro atoms. The first kappa shape index (κ1) is 18.4. The van der Waals surface area contributed by atoms with Crippen molar-refractivity contribution in [3.63, 3.8) is 0 Å². The summed E-state index contributed by atoms with van der Waals surface area (Å²) in [5, 5.41) is 16.9. The first-order chi connectivity index (χ1) is 13.0. The van der Waals surface area contributed by atoms with Crippen molar-refractivity contribution in [2.75, 3.05) is 7.11 Å². The average Bonchev–Trinajstić information content (AvgIpc) is 3.16. The lowest BCUT2D eigenvalue weighted by Gasteiger charge is -2.19. The van der Waals surface area contributed by atoms with Crippen molar-refractivity contribution in [3.05, 3.63) is 54.1 Å². The van der Waals surface area contributed by atoms with Crippen LogP contribution in [-0.2, 0) is 0 Å². The summed E-state index contributed by atoms with van der Waals surface area (Å²) in [6, 6.07) is 10.3. The van der Waals surface area contributed by atoms with Gasteiger partial charge in [0.15, 0.2) is 23.0 Å². The Hall–Kier alpha value is -3.42. The Balaban J connectivity index is 1.85.